The molecule has 1 aromatic carbocycles. The van der Waals surface area contributed by atoms with Crippen LogP contribution >= 0.6 is 0 Å². The number of nitrogens with two attached hydrogens (primary N) is 1. The van der Waals surface area contributed by atoms with E-state index in [-0.39, 0.29) is 11.5 Å². The molecule has 0 atom stereocenters. The minimum absolute atomic E-state index is 0.150. The predicted octanol–water partition coefficient (Wildman–Crippen LogP) is 1.42. The number of aromatic amines is 1. The Morgan fingerprint density at radius 2 is 1.84 bits per heavy atom. The van der Waals surface area contributed by atoms with Crippen molar-refractivity contribution in [3.63, 3.8) is 0 Å². The maximum atomic E-state index is 11.7. The molecule has 0 fully saturated rings. The molecule has 100 valence electrons. The molecule has 0 saturated heterocycles. The number of benzene rings is 1. The lowest BCUT2D eigenvalue weighted by Crippen LogP contribution is -2.15. The maximum absolute atomic E-state index is 11.7. The summed E-state index contributed by atoms with van der Waals surface area (Å²) in [7, 11) is 0. The van der Waals surface area contributed by atoms with Crippen molar-refractivity contribution in [2.24, 2.45) is 0 Å². The maximum Gasteiger partial charge on any atom is 0.300 e. The van der Waals surface area contributed by atoms with Gasteiger partial charge >= 0.3 is 0 Å². The van der Waals surface area contributed by atoms with Gasteiger partial charge in [-0.2, -0.15) is 0 Å². The van der Waals surface area contributed by atoms with Crippen molar-refractivity contribution in [3.05, 3.63) is 46.4 Å². The molecule has 0 amide bonds. The van der Waals surface area contributed by atoms with Gasteiger partial charge in [-0.25, -0.2) is 4.98 Å². The van der Waals surface area contributed by atoms with E-state index in [0.29, 0.717) is 11.3 Å². The van der Waals surface area contributed by atoms with E-state index in [4.69, 9.17) is 15.6 Å². The number of carboxylic acid groups (broad SMARTS) is 1. The van der Waals surface area contributed by atoms with Gasteiger partial charge < -0.3 is 10.8 Å². The summed E-state index contributed by atoms with van der Waals surface area (Å²) in [4.78, 5) is 27.2. The predicted molar refractivity (Wildman–Crippen MR) is 72.8 cm³/mol. The van der Waals surface area contributed by atoms with Crippen LogP contribution in [0.15, 0.2) is 35.1 Å². The molecular formula is C13H15N3O3. The van der Waals surface area contributed by atoms with Crippen molar-refractivity contribution >= 4 is 11.9 Å². The molecule has 0 aliphatic heterocycles. The van der Waals surface area contributed by atoms with Gasteiger partial charge in [0.1, 0.15) is 0 Å². The van der Waals surface area contributed by atoms with Crippen molar-refractivity contribution in [2.45, 2.75) is 13.8 Å². The molecule has 19 heavy (non-hydrogen) atoms. The molecule has 0 saturated carbocycles. The molecule has 2 rings (SSSR count). The Labute approximate surface area is 109 Å². The largest absolute Gasteiger partial charge is 0.481 e. The molecule has 0 radical (unpaired) electrons. The summed E-state index contributed by atoms with van der Waals surface area (Å²) in [5.74, 6) is -0.683. The second-order valence-electron chi connectivity index (χ2n) is 3.80. The SMILES string of the molecule is CC(=O)O.Cc1nc(N)[nH]c(=O)c1-c1ccccc1. The van der Waals surface area contributed by atoms with Gasteiger partial charge in [0.25, 0.3) is 11.5 Å². The van der Waals surface area contributed by atoms with Crippen molar-refractivity contribution in [3.8, 4) is 11.1 Å². The minimum atomic E-state index is -0.833. The quantitative estimate of drug-likeness (QED) is 0.719. The third kappa shape index (κ3) is 4.27. The van der Waals surface area contributed by atoms with E-state index >= 15 is 0 Å². The first-order chi connectivity index (χ1) is 8.91. The van der Waals surface area contributed by atoms with Gasteiger partial charge in [-0.15, -0.1) is 0 Å². The van der Waals surface area contributed by atoms with E-state index < -0.39 is 5.97 Å². The van der Waals surface area contributed by atoms with Crippen molar-refractivity contribution in [1.82, 2.24) is 9.97 Å². The second-order valence-corrected chi connectivity index (χ2v) is 3.80. The third-order valence-corrected chi connectivity index (χ3v) is 2.18. The Morgan fingerprint density at radius 1 is 1.32 bits per heavy atom. The number of nitrogens with one attached hydrogen (secondary N) is 1. The van der Waals surface area contributed by atoms with Crippen LogP contribution in [0.5, 0.6) is 0 Å². The standard InChI is InChI=1S/C11H11N3O.C2H4O2/c1-7-9(8-5-3-2-4-6-8)10(15)14-11(12)13-7;1-2(3)4/h2-6H,1H3,(H3,12,13,14,15);1H3,(H,3,4). The second kappa shape index (κ2) is 6.34. The molecule has 0 aliphatic rings. The summed E-state index contributed by atoms with van der Waals surface area (Å²) in [6, 6.07) is 9.40. The summed E-state index contributed by atoms with van der Waals surface area (Å²) < 4.78 is 0. The highest BCUT2D eigenvalue weighted by Crippen LogP contribution is 2.17. The zero-order chi connectivity index (χ0) is 14.4. The fourth-order valence-corrected chi connectivity index (χ4v) is 1.55. The molecule has 4 N–H and O–H groups in total. The molecule has 0 spiro atoms. The van der Waals surface area contributed by atoms with Crippen LogP contribution in [0.25, 0.3) is 11.1 Å². The number of aromatic nitrogens is 2. The number of carbonyl (C=O) groups is 1. The number of hydrogen-bond donors (Lipinski definition) is 3. The van der Waals surface area contributed by atoms with Crippen LogP contribution in [0, 0.1) is 6.92 Å². The van der Waals surface area contributed by atoms with Gasteiger partial charge in [0.2, 0.25) is 5.95 Å². The molecule has 1 aromatic heterocycles. The van der Waals surface area contributed by atoms with Gasteiger partial charge in [-0.05, 0) is 12.5 Å². The number of hydrogen-bond acceptors (Lipinski definition) is 4. The fourth-order valence-electron chi connectivity index (χ4n) is 1.55. The molecular weight excluding hydrogens is 246 g/mol. The summed E-state index contributed by atoms with van der Waals surface area (Å²) in [5.41, 5.74) is 7.30. The first kappa shape index (κ1) is 14.4. The van der Waals surface area contributed by atoms with Gasteiger partial charge in [0.15, 0.2) is 0 Å². The number of H-pyrrole nitrogens is 1. The highest BCUT2D eigenvalue weighted by molar-refractivity contribution is 5.65. The monoisotopic (exact) mass is 261 g/mol. The Morgan fingerprint density at radius 3 is 2.32 bits per heavy atom. The molecule has 0 unspecified atom stereocenters. The van der Waals surface area contributed by atoms with Crippen molar-refractivity contribution in [2.75, 3.05) is 5.73 Å². The van der Waals surface area contributed by atoms with E-state index in [1.165, 1.54) is 0 Å². The first-order valence-electron chi connectivity index (χ1n) is 5.53. The fraction of sp³-hybridized carbons (Fsp3) is 0.154. The molecule has 6 heteroatoms. The van der Waals surface area contributed by atoms with Gasteiger partial charge in [0, 0.05) is 6.92 Å². The number of carboxylic acids is 1. The number of anilines is 1. The Kier molecular flexibility index (Phi) is 4.82. The highest BCUT2D eigenvalue weighted by atomic mass is 16.4. The molecule has 0 aliphatic carbocycles. The van der Waals surface area contributed by atoms with E-state index in [0.717, 1.165) is 12.5 Å². The first-order valence-corrected chi connectivity index (χ1v) is 5.53. The molecule has 2 aromatic rings. The molecule has 1 heterocycles. The van der Waals surface area contributed by atoms with Crippen LogP contribution in [0.2, 0.25) is 0 Å². The van der Waals surface area contributed by atoms with E-state index in [2.05, 4.69) is 9.97 Å². The van der Waals surface area contributed by atoms with Crippen LogP contribution in [0.3, 0.4) is 0 Å². The lowest BCUT2D eigenvalue weighted by Gasteiger charge is -2.04. The van der Waals surface area contributed by atoms with Gasteiger partial charge in [-0.3, -0.25) is 14.6 Å². The highest BCUT2D eigenvalue weighted by Gasteiger charge is 2.08. The van der Waals surface area contributed by atoms with Crippen molar-refractivity contribution < 1.29 is 9.90 Å². The molecule has 0 bridgehead atoms. The lowest BCUT2D eigenvalue weighted by atomic mass is 10.1. The number of nitrogens with zero attached hydrogens (tertiary/aromatic N) is 1. The average molecular weight is 261 g/mol. The number of aliphatic carboxylic acids is 1. The van der Waals surface area contributed by atoms with Crippen LogP contribution in [0.4, 0.5) is 5.95 Å². The zero-order valence-electron chi connectivity index (χ0n) is 10.7. The third-order valence-electron chi connectivity index (χ3n) is 2.18. The number of aryl methyl sites for hydroxylation is 1. The van der Waals surface area contributed by atoms with Gasteiger partial charge in [-0.1, -0.05) is 30.3 Å². The average Bonchev–Trinajstić information content (AvgIpc) is 2.28. The smallest absolute Gasteiger partial charge is 0.300 e. The zero-order valence-corrected chi connectivity index (χ0v) is 10.7. The summed E-state index contributed by atoms with van der Waals surface area (Å²) in [6.07, 6.45) is 0. The van der Waals surface area contributed by atoms with E-state index in [1.54, 1.807) is 6.92 Å². The lowest BCUT2D eigenvalue weighted by molar-refractivity contribution is -0.134. The Bertz CT molecular complexity index is 617. The normalized spacial score (nSPS) is 9.37. The van der Waals surface area contributed by atoms with Crippen LogP contribution < -0.4 is 11.3 Å². The summed E-state index contributed by atoms with van der Waals surface area (Å²) in [5, 5.41) is 7.42. The summed E-state index contributed by atoms with van der Waals surface area (Å²) in [6.45, 7) is 2.86. The number of nitrogen functional groups attached to an aromatic ring is 1. The Hall–Kier alpha value is -2.63. The van der Waals surface area contributed by atoms with Crippen LogP contribution in [-0.2, 0) is 4.79 Å². The van der Waals surface area contributed by atoms with E-state index in [1.807, 2.05) is 30.3 Å². The Balaban J connectivity index is 0.000000399. The van der Waals surface area contributed by atoms with Crippen LogP contribution in [-0.4, -0.2) is 21.0 Å². The van der Waals surface area contributed by atoms with Crippen molar-refractivity contribution in [1.29, 1.82) is 0 Å². The molecule has 6 nitrogen and oxygen atoms in total. The summed E-state index contributed by atoms with van der Waals surface area (Å²) >= 11 is 0. The minimum Gasteiger partial charge on any atom is -0.481 e. The van der Waals surface area contributed by atoms with E-state index in [9.17, 15) is 4.79 Å². The van der Waals surface area contributed by atoms with Crippen LogP contribution in [0.1, 0.15) is 12.6 Å². The van der Waals surface area contributed by atoms with Gasteiger partial charge in [0.05, 0.1) is 11.3 Å². The topological polar surface area (TPSA) is 109 Å². The number of rotatable bonds is 1.